The summed E-state index contributed by atoms with van der Waals surface area (Å²) in [6.07, 6.45) is 0. The molecule has 2 rings (SSSR count). The van der Waals surface area contributed by atoms with Crippen LogP contribution < -0.4 is 0 Å². The first-order chi connectivity index (χ1) is 6.66. The van der Waals surface area contributed by atoms with Crippen LogP contribution in [0.4, 0.5) is 0 Å². The molecule has 0 unspecified atom stereocenters. The first-order valence-electron chi connectivity index (χ1n) is 3.68. The van der Waals surface area contributed by atoms with E-state index in [0.717, 1.165) is 14.5 Å². The van der Waals surface area contributed by atoms with E-state index in [-0.39, 0.29) is 4.84 Å². The molecule has 72 valence electrons. The fraction of sp³-hybridized carbons (Fsp3) is 0. The second-order valence-electron chi connectivity index (χ2n) is 2.54. The lowest BCUT2D eigenvalue weighted by Crippen LogP contribution is -1.80. The van der Waals surface area contributed by atoms with Gasteiger partial charge in [0.05, 0.1) is 5.56 Å². The highest BCUT2D eigenvalue weighted by molar-refractivity contribution is 9.11. The molecule has 0 aliphatic rings. The second-order valence-corrected chi connectivity index (χ2v) is 4.68. The maximum absolute atomic E-state index is 5.19. The lowest BCUT2D eigenvalue weighted by Gasteiger charge is -1.98. The van der Waals surface area contributed by atoms with E-state index in [4.69, 9.17) is 16.6 Å². The van der Waals surface area contributed by atoms with Crippen molar-refractivity contribution in [2.75, 3.05) is 0 Å². The number of aromatic amines is 1. The van der Waals surface area contributed by atoms with Gasteiger partial charge in [-0.05, 0) is 46.3 Å². The van der Waals surface area contributed by atoms with Gasteiger partial charge in [0.15, 0.2) is 0 Å². The molecule has 0 amide bonds. The Labute approximate surface area is 102 Å². The standard InChI is InChI=1S/C8H4Br2N2OS/c9-4-1-2-5(6(10)3-4)7-11-12-8(14)13-7/h1-3H,(H,12,14). The molecule has 0 atom stereocenters. The fourth-order valence-corrected chi connectivity index (χ4v) is 2.35. The van der Waals surface area contributed by atoms with Crippen molar-refractivity contribution in [3.63, 3.8) is 0 Å². The Kier molecular flexibility index (Phi) is 2.85. The minimum absolute atomic E-state index is 0.273. The maximum atomic E-state index is 5.19. The van der Waals surface area contributed by atoms with Crippen molar-refractivity contribution < 1.29 is 4.42 Å². The zero-order chi connectivity index (χ0) is 10.1. The molecule has 0 fully saturated rings. The molecule has 0 bridgehead atoms. The van der Waals surface area contributed by atoms with E-state index in [1.807, 2.05) is 18.2 Å². The van der Waals surface area contributed by atoms with Gasteiger partial charge in [-0.3, -0.25) is 0 Å². The molecule has 0 aliphatic heterocycles. The highest BCUT2D eigenvalue weighted by atomic mass is 79.9. The predicted molar refractivity (Wildman–Crippen MR) is 62.5 cm³/mol. The van der Waals surface area contributed by atoms with Gasteiger partial charge in [0.25, 0.3) is 4.84 Å². The summed E-state index contributed by atoms with van der Waals surface area (Å²) in [7, 11) is 0. The summed E-state index contributed by atoms with van der Waals surface area (Å²) in [4.78, 5) is 0.273. The molecular formula is C8H4Br2N2OS. The van der Waals surface area contributed by atoms with Gasteiger partial charge >= 0.3 is 0 Å². The Hall–Kier alpha value is -0.460. The zero-order valence-corrected chi connectivity index (χ0v) is 10.7. The number of nitrogens with one attached hydrogen (secondary N) is 1. The summed E-state index contributed by atoms with van der Waals surface area (Å²) in [6.45, 7) is 0. The largest absolute Gasteiger partial charge is 0.409 e. The third-order valence-corrected chi connectivity index (χ3v) is 2.92. The Balaban J connectivity index is 2.57. The number of nitrogens with zero attached hydrogens (tertiary/aromatic N) is 1. The van der Waals surface area contributed by atoms with E-state index in [1.165, 1.54) is 0 Å². The van der Waals surface area contributed by atoms with E-state index in [2.05, 4.69) is 42.1 Å². The van der Waals surface area contributed by atoms with Crippen LogP contribution in [0.25, 0.3) is 11.5 Å². The average molecular weight is 336 g/mol. The molecule has 14 heavy (non-hydrogen) atoms. The first kappa shape index (κ1) is 10.1. The number of H-pyrrole nitrogens is 1. The Morgan fingerprint density at radius 2 is 2.14 bits per heavy atom. The summed E-state index contributed by atoms with van der Waals surface area (Å²) in [5.74, 6) is 0.481. The van der Waals surface area contributed by atoms with Crippen LogP contribution >= 0.6 is 44.1 Å². The third-order valence-electron chi connectivity index (χ3n) is 1.60. The summed E-state index contributed by atoms with van der Waals surface area (Å²) < 4.78 is 7.08. The lowest BCUT2D eigenvalue weighted by atomic mass is 10.2. The molecular weight excluding hydrogens is 332 g/mol. The van der Waals surface area contributed by atoms with Crippen molar-refractivity contribution in [3.05, 3.63) is 32.0 Å². The van der Waals surface area contributed by atoms with Crippen LogP contribution in [-0.4, -0.2) is 10.2 Å². The molecule has 6 heteroatoms. The van der Waals surface area contributed by atoms with Crippen LogP contribution in [0.15, 0.2) is 31.6 Å². The highest BCUT2D eigenvalue weighted by Gasteiger charge is 2.08. The normalized spacial score (nSPS) is 10.4. The van der Waals surface area contributed by atoms with Gasteiger partial charge in [-0.25, -0.2) is 5.10 Å². The molecule has 3 nitrogen and oxygen atoms in total. The van der Waals surface area contributed by atoms with Gasteiger partial charge in [0, 0.05) is 8.95 Å². The molecule has 1 heterocycles. The number of hydrogen-bond donors (Lipinski definition) is 1. The average Bonchev–Trinajstić information content (AvgIpc) is 2.51. The molecule has 1 aromatic carbocycles. The minimum Gasteiger partial charge on any atom is -0.409 e. The molecule has 1 N–H and O–H groups in total. The number of hydrogen-bond acceptors (Lipinski definition) is 3. The van der Waals surface area contributed by atoms with Crippen LogP contribution in [0, 0.1) is 4.84 Å². The molecule has 0 aliphatic carbocycles. The van der Waals surface area contributed by atoms with Crippen molar-refractivity contribution in [1.82, 2.24) is 10.2 Å². The van der Waals surface area contributed by atoms with E-state index >= 15 is 0 Å². The number of benzene rings is 1. The van der Waals surface area contributed by atoms with E-state index < -0.39 is 0 Å². The van der Waals surface area contributed by atoms with E-state index in [9.17, 15) is 0 Å². The molecule has 0 saturated carbocycles. The Morgan fingerprint density at radius 3 is 2.71 bits per heavy atom. The van der Waals surface area contributed by atoms with Crippen LogP contribution in [0.2, 0.25) is 0 Å². The second kappa shape index (κ2) is 3.96. The van der Waals surface area contributed by atoms with Gasteiger partial charge in [0.1, 0.15) is 0 Å². The van der Waals surface area contributed by atoms with Gasteiger partial charge < -0.3 is 4.42 Å². The lowest BCUT2D eigenvalue weighted by molar-refractivity contribution is 0.551. The molecule has 1 aromatic heterocycles. The topological polar surface area (TPSA) is 41.8 Å². The van der Waals surface area contributed by atoms with Crippen molar-refractivity contribution in [3.8, 4) is 11.5 Å². The molecule has 0 spiro atoms. The molecule has 2 aromatic rings. The van der Waals surface area contributed by atoms with E-state index in [1.54, 1.807) is 0 Å². The van der Waals surface area contributed by atoms with Gasteiger partial charge in [-0.1, -0.05) is 15.9 Å². The highest BCUT2D eigenvalue weighted by Crippen LogP contribution is 2.29. The first-order valence-corrected chi connectivity index (χ1v) is 5.67. The summed E-state index contributed by atoms with van der Waals surface area (Å²) >= 11 is 11.6. The maximum Gasteiger partial charge on any atom is 0.284 e. The smallest absolute Gasteiger partial charge is 0.284 e. The van der Waals surface area contributed by atoms with Crippen molar-refractivity contribution in [2.24, 2.45) is 0 Å². The van der Waals surface area contributed by atoms with Gasteiger partial charge in [-0.2, -0.15) is 0 Å². The number of rotatable bonds is 1. The number of halogens is 2. The summed E-state index contributed by atoms with van der Waals surface area (Å²) in [6, 6.07) is 5.72. The number of aromatic nitrogens is 2. The van der Waals surface area contributed by atoms with Crippen LogP contribution in [0.3, 0.4) is 0 Å². The molecule has 0 saturated heterocycles. The van der Waals surface area contributed by atoms with Crippen LogP contribution in [0.1, 0.15) is 0 Å². The Bertz CT molecular complexity index is 520. The van der Waals surface area contributed by atoms with Crippen LogP contribution in [0.5, 0.6) is 0 Å². The SMILES string of the molecule is S=c1[nH]nc(-c2ccc(Br)cc2Br)o1. The van der Waals surface area contributed by atoms with Crippen molar-refractivity contribution >= 4 is 44.1 Å². The minimum atomic E-state index is 0.273. The predicted octanol–water partition coefficient (Wildman–Crippen LogP) is 3.92. The quantitative estimate of drug-likeness (QED) is 0.803. The summed E-state index contributed by atoms with van der Waals surface area (Å²) in [5, 5.41) is 6.51. The van der Waals surface area contributed by atoms with Gasteiger partial charge in [-0.15, -0.1) is 5.10 Å². The van der Waals surface area contributed by atoms with Crippen molar-refractivity contribution in [1.29, 1.82) is 0 Å². The molecule has 0 radical (unpaired) electrons. The Morgan fingerprint density at radius 1 is 1.36 bits per heavy atom. The zero-order valence-electron chi connectivity index (χ0n) is 6.75. The monoisotopic (exact) mass is 334 g/mol. The van der Waals surface area contributed by atoms with Crippen LogP contribution in [-0.2, 0) is 0 Å². The third kappa shape index (κ3) is 1.97. The van der Waals surface area contributed by atoms with Gasteiger partial charge in [0.2, 0.25) is 5.89 Å². The van der Waals surface area contributed by atoms with Crippen molar-refractivity contribution in [2.45, 2.75) is 0 Å². The summed E-state index contributed by atoms with van der Waals surface area (Å²) in [5.41, 5.74) is 0.862. The van der Waals surface area contributed by atoms with E-state index in [0.29, 0.717) is 5.89 Å². The fourth-order valence-electron chi connectivity index (χ4n) is 1.01.